The number of nitrogens with zero attached hydrogens (tertiary/aromatic N) is 2. The number of para-hydroxylation sites is 1. The summed E-state index contributed by atoms with van der Waals surface area (Å²) in [6.07, 6.45) is 3.50. The van der Waals surface area contributed by atoms with Crippen LogP contribution in [0.25, 0.3) is 0 Å². The highest BCUT2D eigenvalue weighted by Gasteiger charge is 2.74. The van der Waals surface area contributed by atoms with Crippen molar-refractivity contribution in [3.63, 3.8) is 0 Å². The van der Waals surface area contributed by atoms with E-state index in [1.807, 2.05) is 25.1 Å². The van der Waals surface area contributed by atoms with Crippen LogP contribution in [0, 0.1) is 11.3 Å². The summed E-state index contributed by atoms with van der Waals surface area (Å²) in [6.45, 7) is 3.41. The van der Waals surface area contributed by atoms with Crippen LogP contribution in [0.1, 0.15) is 35.7 Å². The van der Waals surface area contributed by atoms with Gasteiger partial charge in [0.2, 0.25) is 5.75 Å². The SMILES string of the molecule is C/C=C1/CN2CC[C@]34C(=Nc5ccccc53)C2C[C@H]1C4(COC(=O)c1cc(OC)c(OC)c(OC)c1)C(=O)OC. The molecule has 1 aliphatic carbocycles. The normalized spacial score (nSPS) is 28.8. The lowest BCUT2D eigenvalue weighted by Gasteiger charge is -2.64. The van der Waals surface area contributed by atoms with Gasteiger partial charge < -0.3 is 23.7 Å². The second-order valence-corrected chi connectivity index (χ2v) is 10.8. The average Bonchev–Trinajstić information content (AvgIpc) is 3.36. The smallest absolute Gasteiger partial charge is 0.338 e. The van der Waals surface area contributed by atoms with Gasteiger partial charge in [0.1, 0.15) is 12.0 Å². The molecule has 0 aromatic heterocycles. The van der Waals surface area contributed by atoms with Crippen LogP contribution in [0.3, 0.4) is 0 Å². The standard InChI is InChI=1S/C31H34N2O7/c1-6-18-16-33-12-11-30-20-9-7-8-10-22(20)32-27(30)23(33)15-21(18)31(30,29(35)39-5)17-40-28(34)19-13-24(36-2)26(38-4)25(14-19)37-3/h6-10,13-14,21,23H,11-12,15-17H2,1-5H3/b18-6-/t21-,23?,30-,31?/m1/s1. The maximum atomic E-state index is 14.3. The van der Waals surface area contributed by atoms with Crippen LogP contribution in [-0.4, -0.2) is 76.7 Å². The number of piperidine rings is 2. The molecular formula is C31H34N2O7. The second-order valence-electron chi connectivity index (χ2n) is 10.8. The molecule has 9 heteroatoms. The Morgan fingerprint density at radius 2 is 1.80 bits per heavy atom. The summed E-state index contributed by atoms with van der Waals surface area (Å²) < 4.78 is 28.0. The van der Waals surface area contributed by atoms with E-state index in [9.17, 15) is 9.59 Å². The van der Waals surface area contributed by atoms with Crippen LogP contribution in [-0.2, 0) is 19.7 Å². The lowest BCUT2D eigenvalue weighted by molar-refractivity contribution is -0.170. The first-order valence-electron chi connectivity index (χ1n) is 13.5. The molecule has 40 heavy (non-hydrogen) atoms. The summed E-state index contributed by atoms with van der Waals surface area (Å²) in [7, 11) is 5.89. The summed E-state index contributed by atoms with van der Waals surface area (Å²) in [5.41, 5.74) is 2.32. The van der Waals surface area contributed by atoms with Crippen molar-refractivity contribution in [2.45, 2.75) is 31.2 Å². The van der Waals surface area contributed by atoms with Crippen LogP contribution in [0.5, 0.6) is 17.2 Å². The quantitative estimate of drug-likeness (QED) is 0.378. The van der Waals surface area contributed by atoms with Gasteiger partial charge in [-0.15, -0.1) is 0 Å². The summed E-state index contributed by atoms with van der Waals surface area (Å²) in [5, 5.41) is 0. The predicted molar refractivity (Wildman–Crippen MR) is 148 cm³/mol. The van der Waals surface area contributed by atoms with E-state index >= 15 is 0 Å². The van der Waals surface area contributed by atoms with E-state index in [0.717, 1.165) is 35.6 Å². The van der Waals surface area contributed by atoms with Gasteiger partial charge in [-0.25, -0.2) is 4.79 Å². The van der Waals surface area contributed by atoms with E-state index in [1.165, 1.54) is 28.4 Å². The van der Waals surface area contributed by atoms with Crippen molar-refractivity contribution in [3.05, 3.63) is 59.2 Å². The predicted octanol–water partition coefficient (Wildman–Crippen LogP) is 4.11. The third kappa shape index (κ3) is 3.33. The number of allylic oxidation sites excluding steroid dienone is 1. The molecule has 210 valence electrons. The number of benzene rings is 2. The number of fused-ring (bicyclic) bond motifs is 2. The molecular weight excluding hydrogens is 512 g/mol. The number of hydrogen-bond donors (Lipinski definition) is 0. The number of hydrogen-bond acceptors (Lipinski definition) is 9. The Kier molecular flexibility index (Phi) is 6.37. The molecule has 3 heterocycles. The highest BCUT2D eigenvalue weighted by atomic mass is 16.6. The van der Waals surface area contributed by atoms with Crippen molar-refractivity contribution in [1.29, 1.82) is 0 Å². The molecule has 0 N–H and O–H groups in total. The first-order chi connectivity index (χ1) is 19.4. The monoisotopic (exact) mass is 546 g/mol. The highest BCUT2D eigenvalue weighted by Crippen LogP contribution is 2.66. The Bertz CT molecular complexity index is 1420. The average molecular weight is 547 g/mol. The van der Waals surface area contributed by atoms with Gasteiger partial charge in [-0.3, -0.25) is 14.7 Å². The molecule has 2 saturated heterocycles. The first-order valence-corrected chi connectivity index (χ1v) is 13.5. The molecule has 0 radical (unpaired) electrons. The molecule has 3 fully saturated rings. The van der Waals surface area contributed by atoms with E-state index in [4.69, 9.17) is 28.7 Å². The third-order valence-electron chi connectivity index (χ3n) is 9.47. The number of ether oxygens (including phenoxy) is 5. The van der Waals surface area contributed by atoms with Crippen LogP contribution >= 0.6 is 0 Å². The molecule has 3 aliphatic heterocycles. The molecule has 2 unspecified atom stereocenters. The van der Waals surface area contributed by atoms with E-state index in [2.05, 4.69) is 17.0 Å². The molecule has 4 aliphatic rings. The third-order valence-corrected chi connectivity index (χ3v) is 9.47. The summed E-state index contributed by atoms with van der Waals surface area (Å²) in [5.74, 6) is -0.103. The maximum Gasteiger partial charge on any atom is 0.338 e. The molecule has 2 aromatic carbocycles. The fourth-order valence-corrected chi connectivity index (χ4v) is 7.77. The number of methoxy groups -OCH3 is 4. The summed E-state index contributed by atoms with van der Waals surface area (Å²) >= 11 is 0. The van der Waals surface area contributed by atoms with Crippen molar-refractivity contribution in [1.82, 2.24) is 4.90 Å². The largest absolute Gasteiger partial charge is 0.493 e. The zero-order valence-electron chi connectivity index (χ0n) is 23.5. The van der Waals surface area contributed by atoms with Gasteiger partial charge in [-0.05, 0) is 43.5 Å². The Hall–Kier alpha value is -3.85. The topological polar surface area (TPSA) is 95.9 Å². The number of carbonyl (C=O) groups excluding carboxylic acids is 2. The van der Waals surface area contributed by atoms with Crippen molar-refractivity contribution < 1.29 is 33.3 Å². The zero-order valence-corrected chi connectivity index (χ0v) is 23.5. The minimum absolute atomic E-state index is 0.124. The molecule has 0 spiro atoms. The Balaban J connectivity index is 1.49. The Labute approximate surface area is 233 Å². The molecule has 6 rings (SSSR count). The van der Waals surface area contributed by atoms with Crippen molar-refractivity contribution in [2.75, 3.05) is 48.1 Å². The number of esters is 2. The van der Waals surface area contributed by atoms with Gasteiger partial charge in [0.25, 0.3) is 0 Å². The van der Waals surface area contributed by atoms with Crippen LogP contribution in [0.4, 0.5) is 5.69 Å². The van der Waals surface area contributed by atoms with Crippen LogP contribution in [0.15, 0.2) is 53.0 Å². The van der Waals surface area contributed by atoms with Gasteiger partial charge in [0, 0.05) is 24.7 Å². The van der Waals surface area contributed by atoms with Gasteiger partial charge >= 0.3 is 11.9 Å². The van der Waals surface area contributed by atoms with E-state index in [0.29, 0.717) is 30.1 Å². The molecule has 2 aromatic rings. The first kappa shape index (κ1) is 26.4. The molecule has 3 bridgehead atoms. The number of aliphatic imine (C=N–C) groups is 1. The van der Waals surface area contributed by atoms with E-state index in [1.54, 1.807) is 12.1 Å². The summed E-state index contributed by atoms with van der Waals surface area (Å²) in [6, 6.07) is 11.3. The highest BCUT2D eigenvalue weighted by molar-refractivity contribution is 6.11. The number of carbonyl (C=O) groups is 2. The van der Waals surface area contributed by atoms with Gasteiger partial charge in [0.15, 0.2) is 11.5 Å². The van der Waals surface area contributed by atoms with E-state index in [-0.39, 0.29) is 30.1 Å². The molecule has 1 saturated carbocycles. The van der Waals surface area contributed by atoms with Crippen LogP contribution in [0.2, 0.25) is 0 Å². The molecule has 4 atom stereocenters. The minimum atomic E-state index is -1.19. The minimum Gasteiger partial charge on any atom is -0.493 e. The van der Waals surface area contributed by atoms with E-state index < -0.39 is 16.8 Å². The van der Waals surface area contributed by atoms with Crippen molar-refractivity contribution in [2.24, 2.45) is 16.3 Å². The molecule has 0 amide bonds. The van der Waals surface area contributed by atoms with Crippen molar-refractivity contribution >= 4 is 23.3 Å². The van der Waals surface area contributed by atoms with Gasteiger partial charge in [-0.2, -0.15) is 0 Å². The van der Waals surface area contributed by atoms with Crippen LogP contribution < -0.4 is 14.2 Å². The lowest BCUT2D eigenvalue weighted by Crippen LogP contribution is -2.75. The van der Waals surface area contributed by atoms with Crippen molar-refractivity contribution in [3.8, 4) is 17.2 Å². The Morgan fingerprint density at radius 3 is 2.45 bits per heavy atom. The number of rotatable bonds is 7. The molecule has 9 nitrogen and oxygen atoms in total. The fourth-order valence-electron chi connectivity index (χ4n) is 7.77. The van der Waals surface area contributed by atoms with Gasteiger partial charge in [-0.1, -0.05) is 29.8 Å². The zero-order chi connectivity index (χ0) is 28.2. The lowest BCUT2D eigenvalue weighted by atomic mass is 9.43. The Morgan fingerprint density at radius 1 is 1.07 bits per heavy atom. The second kappa shape index (κ2) is 9.66. The summed E-state index contributed by atoms with van der Waals surface area (Å²) in [4.78, 5) is 35.5. The van der Waals surface area contributed by atoms with Gasteiger partial charge in [0.05, 0.1) is 51.1 Å². The maximum absolute atomic E-state index is 14.3. The fraction of sp³-hybridized carbons (Fsp3) is 0.452.